The van der Waals surface area contributed by atoms with Gasteiger partial charge in [-0.1, -0.05) is 41.9 Å². The van der Waals surface area contributed by atoms with Crippen LogP contribution in [0.15, 0.2) is 78.9 Å². The number of carbonyl (C=O) groups is 2. The van der Waals surface area contributed by atoms with Gasteiger partial charge in [0, 0.05) is 34.3 Å². The third-order valence-electron chi connectivity index (χ3n) is 4.93. The zero-order valence-corrected chi connectivity index (χ0v) is 16.9. The zero-order valence-electron chi connectivity index (χ0n) is 16.2. The highest BCUT2D eigenvalue weighted by atomic mass is 35.5. The smallest absolute Gasteiger partial charge is 0.258 e. The third-order valence-corrected chi connectivity index (χ3v) is 5.18. The molecule has 0 saturated heterocycles. The molecule has 0 aliphatic heterocycles. The Morgan fingerprint density at radius 1 is 0.933 bits per heavy atom. The molecule has 4 aromatic rings. The van der Waals surface area contributed by atoms with Gasteiger partial charge in [0.15, 0.2) is 0 Å². The predicted octanol–water partition coefficient (Wildman–Crippen LogP) is 4.93. The lowest BCUT2D eigenvalue weighted by molar-refractivity contribution is 0.0990. The Morgan fingerprint density at radius 3 is 2.27 bits per heavy atom. The molecule has 0 radical (unpaired) electrons. The van der Waals surface area contributed by atoms with Crippen LogP contribution in [0.5, 0.6) is 0 Å². The molecule has 0 spiro atoms. The van der Waals surface area contributed by atoms with Gasteiger partial charge in [0.25, 0.3) is 5.91 Å². The topological polar surface area (TPSA) is 76.3 Å². The number of halogens is 1. The van der Waals surface area contributed by atoms with E-state index in [1.807, 2.05) is 36.4 Å². The van der Waals surface area contributed by atoms with Gasteiger partial charge in [0.05, 0.1) is 16.8 Å². The molecule has 148 valence electrons. The van der Waals surface area contributed by atoms with Crippen molar-refractivity contribution in [1.82, 2.24) is 4.98 Å². The molecule has 0 unspecified atom stereocenters. The maximum Gasteiger partial charge on any atom is 0.258 e. The van der Waals surface area contributed by atoms with Crippen molar-refractivity contribution in [2.45, 2.75) is 0 Å². The highest BCUT2D eigenvalue weighted by Crippen LogP contribution is 2.28. The SMILES string of the molecule is CN(C(=O)c1cc(-c2ccc(Cl)cc2)nc2ccccc12)c1ccc(C(N)=O)cc1. The molecular weight excluding hydrogens is 398 g/mol. The number of anilines is 1. The Balaban J connectivity index is 1.79. The van der Waals surface area contributed by atoms with E-state index < -0.39 is 5.91 Å². The number of rotatable bonds is 4. The number of fused-ring (bicyclic) bond motifs is 1. The quantitative estimate of drug-likeness (QED) is 0.513. The molecule has 0 atom stereocenters. The van der Waals surface area contributed by atoms with Crippen LogP contribution in [0, 0.1) is 0 Å². The average Bonchev–Trinajstić information content (AvgIpc) is 2.78. The molecule has 4 rings (SSSR count). The Bertz CT molecular complexity index is 1250. The summed E-state index contributed by atoms with van der Waals surface area (Å²) in [5.41, 5.74) is 9.16. The van der Waals surface area contributed by atoms with Gasteiger partial charge < -0.3 is 10.6 Å². The van der Waals surface area contributed by atoms with Crippen molar-refractivity contribution < 1.29 is 9.59 Å². The lowest BCUT2D eigenvalue weighted by Gasteiger charge is -2.19. The maximum atomic E-state index is 13.4. The van der Waals surface area contributed by atoms with Crippen molar-refractivity contribution in [1.29, 1.82) is 0 Å². The van der Waals surface area contributed by atoms with Crippen molar-refractivity contribution in [2.24, 2.45) is 5.73 Å². The number of primary amides is 1. The van der Waals surface area contributed by atoms with Gasteiger partial charge >= 0.3 is 0 Å². The first-order valence-electron chi connectivity index (χ1n) is 9.27. The summed E-state index contributed by atoms with van der Waals surface area (Å²) < 4.78 is 0. The van der Waals surface area contributed by atoms with Crippen LogP contribution in [0.1, 0.15) is 20.7 Å². The van der Waals surface area contributed by atoms with Gasteiger partial charge in [-0.25, -0.2) is 4.98 Å². The summed E-state index contributed by atoms with van der Waals surface area (Å²) in [6, 6.07) is 23.3. The van der Waals surface area contributed by atoms with Crippen molar-refractivity contribution in [3.63, 3.8) is 0 Å². The Labute approximate surface area is 178 Å². The fourth-order valence-electron chi connectivity index (χ4n) is 3.27. The Hall–Kier alpha value is -3.70. The lowest BCUT2D eigenvalue weighted by Crippen LogP contribution is -2.26. The maximum absolute atomic E-state index is 13.4. The van der Waals surface area contributed by atoms with Crippen LogP contribution in [0.25, 0.3) is 22.2 Å². The molecule has 0 bridgehead atoms. The van der Waals surface area contributed by atoms with Gasteiger partial charge in [-0.2, -0.15) is 0 Å². The Morgan fingerprint density at radius 2 is 1.60 bits per heavy atom. The monoisotopic (exact) mass is 415 g/mol. The summed E-state index contributed by atoms with van der Waals surface area (Å²) in [6.07, 6.45) is 0. The first kappa shape index (κ1) is 19.6. The molecular formula is C24H18ClN3O2. The van der Waals surface area contributed by atoms with E-state index in [-0.39, 0.29) is 5.91 Å². The molecule has 1 aromatic heterocycles. The Kier molecular flexibility index (Phi) is 5.21. The van der Waals surface area contributed by atoms with E-state index in [0.717, 1.165) is 16.5 Å². The van der Waals surface area contributed by atoms with Gasteiger partial charge in [-0.05, 0) is 48.5 Å². The summed E-state index contributed by atoms with van der Waals surface area (Å²) in [5.74, 6) is -0.695. The highest BCUT2D eigenvalue weighted by Gasteiger charge is 2.19. The molecule has 2 amide bonds. The highest BCUT2D eigenvalue weighted by molar-refractivity contribution is 6.30. The number of pyridine rings is 1. The predicted molar refractivity (Wildman–Crippen MR) is 120 cm³/mol. The summed E-state index contributed by atoms with van der Waals surface area (Å²) in [6.45, 7) is 0. The fraction of sp³-hybridized carbons (Fsp3) is 0.0417. The summed E-state index contributed by atoms with van der Waals surface area (Å²) in [4.78, 5) is 31.0. The number of hydrogen-bond acceptors (Lipinski definition) is 3. The standard InChI is InChI=1S/C24H18ClN3O2/c1-28(18-12-8-16(9-13-18)23(26)29)24(30)20-14-22(15-6-10-17(25)11-7-15)27-21-5-3-2-4-19(20)21/h2-14H,1H3,(H2,26,29). The van der Waals surface area contributed by atoms with Crippen LogP contribution < -0.4 is 10.6 Å². The first-order chi connectivity index (χ1) is 14.4. The zero-order chi connectivity index (χ0) is 21.3. The van der Waals surface area contributed by atoms with E-state index in [1.54, 1.807) is 49.5 Å². The summed E-state index contributed by atoms with van der Waals surface area (Å²) in [5, 5.41) is 1.40. The van der Waals surface area contributed by atoms with Gasteiger partial charge in [0.1, 0.15) is 0 Å². The largest absolute Gasteiger partial charge is 0.366 e. The molecule has 3 aromatic carbocycles. The van der Waals surface area contributed by atoms with Crippen molar-refractivity contribution in [3.05, 3.63) is 95.0 Å². The van der Waals surface area contributed by atoms with E-state index in [4.69, 9.17) is 22.3 Å². The molecule has 0 aliphatic carbocycles. The van der Waals surface area contributed by atoms with Crippen LogP contribution in [0.3, 0.4) is 0 Å². The van der Waals surface area contributed by atoms with Crippen LogP contribution in [0.2, 0.25) is 5.02 Å². The van der Waals surface area contributed by atoms with Gasteiger partial charge in [0.2, 0.25) is 5.91 Å². The molecule has 1 heterocycles. The average molecular weight is 416 g/mol. The van der Waals surface area contributed by atoms with E-state index in [9.17, 15) is 9.59 Å². The van der Waals surface area contributed by atoms with Crippen LogP contribution in [-0.4, -0.2) is 23.8 Å². The number of carbonyl (C=O) groups excluding carboxylic acids is 2. The minimum Gasteiger partial charge on any atom is -0.366 e. The second kappa shape index (κ2) is 7.97. The van der Waals surface area contributed by atoms with Gasteiger partial charge in [-0.3, -0.25) is 9.59 Å². The lowest BCUT2D eigenvalue weighted by atomic mass is 10.0. The number of nitrogens with zero attached hydrogens (tertiary/aromatic N) is 2. The second-order valence-electron chi connectivity index (χ2n) is 6.85. The van der Waals surface area contributed by atoms with E-state index in [0.29, 0.717) is 27.5 Å². The molecule has 0 aliphatic rings. The number of aromatic nitrogens is 1. The first-order valence-corrected chi connectivity index (χ1v) is 9.65. The molecule has 6 heteroatoms. The van der Waals surface area contributed by atoms with Gasteiger partial charge in [-0.15, -0.1) is 0 Å². The van der Waals surface area contributed by atoms with Crippen molar-refractivity contribution in [3.8, 4) is 11.3 Å². The fourth-order valence-corrected chi connectivity index (χ4v) is 3.39. The number of amides is 2. The minimum absolute atomic E-state index is 0.185. The third kappa shape index (κ3) is 3.75. The number of benzene rings is 3. The van der Waals surface area contributed by atoms with E-state index in [1.165, 1.54) is 4.90 Å². The molecule has 5 nitrogen and oxygen atoms in total. The normalized spacial score (nSPS) is 10.7. The van der Waals surface area contributed by atoms with Crippen LogP contribution in [-0.2, 0) is 0 Å². The van der Waals surface area contributed by atoms with Crippen molar-refractivity contribution >= 4 is 40.0 Å². The molecule has 0 fully saturated rings. The second-order valence-corrected chi connectivity index (χ2v) is 7.29. The summed E-state index contributed by atoms with van der Waals surface area (Å²) in [7, 11) is 1.69. The van der Waals surface area contributed by atoms with E-state index in [2.05, 4.69) is 0 Å². The summed E-state index contributed by atoms with van der Waals surface area (Å²) >= 11 is 6.01. The van der Waals surface area contributed by atoms with E-state index >= 15 is 0 Å². The number of hydrogen-bond donors (Lipinski definition) is 1. The number of para-hydroxylation sites is 1. The van der Waals surface area contributed by atoms with Crippen molar-refractivity contribution in [2.75, 3.05) is 11.9 Å². The number of nitrogens with two attached hydrogens (primary N) is 1. The molecule has 2 N–H and O–H groups in total. The van der Waals surface area contributed by atoms with Crippen LogP contribution in [0.4, 0.5) is 5.69 Å². The molecule has 0 saturated carbocycles. The minimum atomic E-state index is -0.511. The molecule has 30 heavy (non-hydrogen) atoms. The van der Waals surface area contributed by atoms with Crippen LogP contribution >= 0.6 is 11.6 Å².